The maximum Gasteiger partial charge on any atom is 0.119 e. The van der Waals surface area contributed by atoms with Crippen molar-refractivity contribution in [1.82, 2.24) is 0 Å². The molecule has 1 aromatic rings. The molecule has 15 heavy (non-hydrogen) atoms. The van der Waals surface area contributed by atoms with E-state index in [4.69, 9.17) is 4.74 Å². The smallest absolute Gasteiger partial charge is 0.119 e. The third-order valence-electron chi connectivity index (χ3n) is 3.76. The predicted molar refractivity (Wildman–Crippen MR) is 59.9 cm³/mol. The van der Waals surface area contributed by atoms with E-state index in [1.54, 1.807) is 0 Å². The van der Waals surface area contributed by atoms with Gasteiger partial charge in [-0.15, -0.1) is 0 Å². The van der Waals surface area contributed by atoms with E-state index in [2.05, 4.69) is 6.92 Å². The van der Waals surface area contributed by atoms with E-state index in [1.165, 1.54) is 0 Å². The van der Waals surface area contributed by atoms with Crippen molar-refractivity contribution >= 4 is 0 Å². The number of rotatable bonds is 3. The van der Waals surface area contributed by atoms with Crippen LogP contribution in [0.5, 0.6) is 5.75 Å². The van der Waals surface area contributed by atoms with Crippen molar-refractivity contribution < 1.29 is 9.84 Å². The van der Waals surface area contributed by atoms with Gasteiger partial charge in [0.1, 0.15) is 5.75 Å². The van der Waals surface area contributed by atoms with E-state index < -0.39 is 5.60 Å². The van der Waals surface area contributed by atoms with Gasteiger partial charge in [0.15, 0.2) is 0 Å². The SMILES string of the molecule is C[C@@]1(COc2ccccc2)CC[C@@]1(C)O. The van der Waals surface area contributed by atoms with Crippen LogP contribution in [0.25, 0.3) is 0 Å². The Bertz CT molecular complexity index is 332. The summed E-state index contributed by atoms with van der Waals surface area (Å²) in [4.78, 5) is 0. The Morgan fingerprint density at radius 3 is 2.33 bits per heavy atom. The van der Waals surface area contributed by atoms with Crippen LogP contribution in [-0.4, -0.2) is 17.3 Å². The molecule has 1 N–H and O–H groups in total. The lowest BCUT2D eigenvalue weighted by atomic mass is 9.59. The fourth-order valence-corrected chi connectivity index (χ4v) is 1.90. The lowest BCUT2D eigenvalue weighted by molar-refractivity contribution is -0.159. The Kier molecular flexibility index (Phi) is 2.47. The van der Waals surface area contributed by atoms with E-state index in [0.29, 0.717) is 6.61 Å². The van der Waals surface area contributed by atoms with Crippen molar-refractivity contribution in [2.24, 2.45) is 5.41 Å². The first-order valence-corrected chi connectivity index (χ1v) is 5.44. The third-order valence-corrected chi connectivity index (χ3v) is 3.76. The highest BCUT2D eigenvalue weighted by atomic mass is 16.5. The first kappa shape index (κ1) is 10.5. The number of ether oxygens (including phenoxy) is 1. The van der Waals surface area contributed by atoms with Gasteiger partial charge in [-0.05, 0) is 31.9 Å². The fourth-order valence-electron chi connectivity index (χ4n) is 1.90. The van der Waals surface area contributed by atoms with Crippen LogP contribution in [0, 0.1) is 5.41 Å². The molecule has 0 aliphatic heterocycles. The number of para-hydroxylation sites is 1. The van der Waals surface area contributed by atoms with Crippen molar-refractivity contribution in [3.05, 3.63) is 30.3 Å². The fraction of sp³-hybridized carbons (Fsp3) is 0.538. The average Bonchev–Trinajstić information content (AvgIpc) is 2.26. The molecule has 2 rings (SSSR count). The Morgan fingerprint density at radius 2 is 1.87 bits per heavy atom. The van der Waals surface area contributed by atoms with Crippen LogP contribution in [0.3, 0.4) is 0 Å². The molecule has 2 atom stereocenters. The first-order valence-electron chi connectivity index (χ1n) is 5.44. The van der Waals surface area contributed by atoms with Crippen molar-refractivity contribution in [2.45, 2.75) is 32.3 Å². The summed E-state index contributed by atoms with van der Waals surface area (Å²) >= 11 is 0. The Balaban J connectivity index is 1.94. The standard InChI is InChI=1S/C13H18O2/c1-12(8-9-13(12,2)14)10-15-11-6-4-3-5-7-11/h3-7,14H,8-10H2,1-2H3/t12-,13+/m0/s1. The molecule has 1 saturated carbocycles. The summed E-state index contributed by atoms with van der Waals surface area (Å²) in [5, 5.41) is 10.0. The zero-order valence-corrected chi connectivity index (χ0v) is 9.36. The monoisotopic (exact) mass is 206 g/mol. The molecule has 1 aliphatic carbocycles. The lowest BCUT2D eigenvalue weighted by Gasteiger charge is -2.52. The molecule has 0 amide bonds. The van der Waals surface area contributed by atoms with Crippen LogP contribution >= 0.6 is 0 Å². The topological polar surface area (TPSA) is 29.5 Å². The zero-order valence-electron chi connectivity index (χ0n) is 9.36. The van der Waals surface area contributed by atoms with Gasteiger partial charge in [0, 0.05) is 5.41 Å². The second-order valence-corrected chi connectivity index (χ2v) is 4.94. The largest absolute Gasteiger partial charge is 0.493 e. The Morgan fingerprint density at radius 1 is 1.20 bits per heavy atom. The van der Waals surface area contributed by atoms with Gasteiger partial charge in [-0.1, -0.05) is 25.1 Å². The summed E-state index contributed by atoms with van der Waals surface area (Å²) in [6, 6.07) is 9.76. The highest BCUT2D eigenvalue weighted by Crippen LogP contribution is 2.49. The van der Waals surface area contributed by atoms with Crippen molar-refractivity contribution in [3.63, 3.8) is 0 Å². The molecule has 0 spiro atoms. The average molecular weight is 206 g/mol. The van der Waals surface area contributed by atoms with Gasteiger partial charge in [-0.2, -0.15) is 0 Å². The minimum absolute atomic E-state index is 0.0944. The summed E-state index contributed by atoms with van der Waals surface area (Å²) in [6.45, 7) is 4.56. The van der Waals surface area contributed by atoms with E-state index in [9.17, 15) is 5.11 Å². The summed E-state index contributed by atoms with van der Waals surface area (Å²) < 4.78 is 5.69. The molecule has 2 nitrogen and oxygen atoms in total. The maximum atomic E-state index is 10.0. The zero-order chi connectivity index (χ0) is 10.9. The third kappa shape index (κ3) is 1.86. The minimum atomic E-state index is -0.568. The molecule has 0 radical (unpaired) electrons. The molecule has 1 fully saturated rings. The molecule has 1 aliphatic rings. The molecular formula is C13H18O2. The molecule has 82 valence electrons. The summed E-state index contributed by atoms with van der Waals surface area (Å²) in [6.07, 6.45) is 1.91. The van der Waals surface area contributed by atoms with Crippen molar-refractivity contribution in [1.29, 1.82) is 0 Å². The van der Waals surface area contributed by atoms with Gasteiger partial charge >= 0.3 is 0 Å². The van der Waals surface area contributed by atoms with Gasteiger partial charge in [0.05, 0.1) is 12.2 Å². The summed E-state index contributed by atoms with van der Waals surface area (Å²) in [5.41, 5.74) is -0.662. The van der Waals surface area contributed by atoms with Gasteiger partial charge in [-0.3, -0.25) is 0 Å². The van der Waals surface area contributed by atoms with Crippen molar-refractivity contribution in [3.8, 4) is 5.75 Å². The highest BCUT2D eigenvalue weighted by molar-refractivity contribution is 5.21. The normalized spacial score (nSPS) is 34.6. The van der Waals surface area contributed by atoms with Gasteiger partial charge in [-0.25, -0.2) is 0 Å². The van der Waals surface area contributed by atoms with Crippen LogP contribution in [0.1, 0.15) is 26.7 Å². The van der Waals surface area contributed by atoms with E-state index in [1.807, 2.05) is 37.3 Å². The van der Waals surface area contributed by atoms with Gasteiger partial charge in [0.2, 0.25) is 0 Å². The molecule has 1 aromatic carbocycles. The first-order chi connectivity index (χ1) is 7.04. The maximum absolute atomic E-state index is 10.0. The van der Waals surface area contributed by atoms with E-state index in [0.717, 1.165) is 18.6 Å². The molecule has 2 heteroatoms. The van der Waals surface area contributed by atoms with Crippen LogP contribution in [0.2, 0.25) is 0 Å². The van der Waals surface area contributed by atoms with Crippen LogP contribution in [0.4, 0.5) is 0 Å². The quantitative estimate of drug-likeness (QED) is 0.823. The minimum Gasteiger partial charge on any atom is -0.493 e. The second-order valence-electron chi connectivity index (χ2n) is 4.94. The second kappa shape index (κ2) is 3.53. The Hall–Kier alpha value is -1.02. The van der Waals surface area contributed by atoms with Crippen LogP contribution in [-0.2, 0) is 0 Å². The number of hydrogen-bond acceptors (Lipinski definition) is 2. The van der Waals surface area contributed by atoms with Crippen molar-refractivity contribution in [2.75, 3.05) is 6.61 Å². The van der Waals surface area contributed by atoms with Crippen LogP contribution in [0.15, 0.2) is 30.3 Å². The molecule has 0 saturated heterocycles. The number of benzene rings is 1. The van der Waals surface area contributed by atoms with E-state index in [-0.39, 0.29) is 5.41 Å². The van der Waals surface area contributed by atoms with E-state index >= 15 is 0 Å². The Labute approximate surface area is 90.9 Å². The molecule has 0 unspecified atom stereocenters. The van der Waals surface area contributed by atoms with Gasteiger partial charge in [0.25, 0.3) is 0 Å². The highest BCUT2D eigenvalue weighted by Gasteiger charge is 2.52. The predicted octanol–water partition coefficient (Wildman–Crippen LogP) is 2.62. The lowest BCUT2D eigenvalue weighted by Crippen LogP contribution is -2.56. The molecule has 0 heterocycles. The summed E-state index contributed by atoms with van der Waals surface area (Å²) in [5.74, 6) is 0.876. The summed E-state index contributed by atoms with van der Waals surface area (Å²) in [7, 11) is 0. The van der Waals surface area contributed by atoms with Crippen LogP contribution < -0.4 is 4.74 Å². The number of aliphatic hydroxyl groups is 1. The molecule has 0 aromatic heterocycles. The molecular weight excluding hydrogens is 188 g/mol. The molecule has 0 bridgehead atoms. The number of hydrogen-bond donors (Lipinski definition) is 1. The van der Waals surface area contributed by atoms with Gasteiger partial charge < -0.3 is 9.84 Å².